The lowest BCUT2D eigenvalue weighted by molar-refractivity contribution is 0.100. The fraction of sp³-hybridized carbons (Fsp3) is 0. The molecule has 1 aromatic carbocycles. The van der Waals surface area contributed by atoms with E-state index in [2.05, 4.69) is 15.5 Å². The molecule has 0 saturated heterocycles. The third-order valence-electron chi connectivity index (χ3n) is 2.21. The molecular weight excluding hydrogens is 386 g/mol. The molecule has 1 aromatic heterocycles. The van der Waals surface area contributed by atoms with Crippen molar-refractivity contribution in [2.24, 2.45) is 5.73 Å². The Morgan fingerprint density at radius 3 is 2.74 bits per heavy atom. The van der Waals surface area contributed by atoms with Crippen molar-refractivity contribution in [1.82, 2.24) is 10.2 Å². The molecule has 8 heteroatoms. The van der Waals surface area contributed by atoms with Crippen LogP contribution >= 0.6 is 34.2 Å². The molecule has 0 fully saturated rings. The SMILES string of the molecule is NC(=O)c1cc(Cl)nnc1Nc1ccc(I)cc1F. The molecular formula is C11H7ClFIN4O. The van der Waals surface area contributed by atoms with E-state index in [1.807, 2.05) is 22.6 Å². The van der Waals surface area contributed by atoms with Crippen molar-refractivity contribution in [3.8, 4) is 0 Å². The number of aromatic nitrogens is 2. The van der Waals surface area contributed by atoms with E-state index in [0.717, 1.165) is 3.57 Å². The Hall–Kier alpha value is -1.48. The van der Waals surface area contributed by atoms with Crippen molar-refractivity contribution < 1.29 is 9.18 Å². The second kappa shape index (κ2) is 5.66. The minimum Gasteiger partial charge on any atom is -0.365 e. The van der Waals surface area contributed by atoms with Gasteiger partial charge in [-0.25, -0.2) is 4.39 Å². The molecule has 2 aromatic rings. The quantitative estimate of drug-likeness (QED) is 0.787. The van der Waals surface area contributed by atoms with Crippen molar-refractivity contribution in [1.29, 1.82) is 0 Å². The third-order valence-corrected chi connectivity index (χ3v) is 3.07. The molecule has 5 nitrogen and oxygen atoms in total. The number of anilines is 2. The monoisotopic (exact) mass is 392 g/mol. The summed E-state index contributed by atoms with van der Waals surface area (Å²) in [5.74, 6) is -1.15. The maximum Gasteiger partial charge on any atom is 0.252 e. The molecule has 0 spiro atoms. The van der Waals surface area contributed by atoms with E-state index in [9.17, 15) is 9.18 Å². The van der Waals surface area contributed by atoms with Crippen LogP contribution in [-0.4, -0.2) is 16.1 Å². The lowest BCUT2D eigenvalue weighted by Crippen LogP contribution is -2.15. The summed E-state index contributed by atoms with van der Waals surface area (Å²) in [4.78, 5) is 11.3. The van der Waals surface area contributed by atoms with Gasteiger partial charge in [0.25, 0.3) is 5.91 Å². The topological polar surface area (TPSA) is 80.9 Å². The third kappa shape index (κ3) is 3.29. The average Bonchev–Trinajstić information content (AvgIpc) is 2.34. The van der Waals surface area contributed by atoms with Gasteiger partial charge in [-0.3, -0.25) is 4.79 Å². The van der Waals surface area contributed by atoms with Gasteiger partial charge in [-0.2, -0.15) is 0 Å². The number of nitrogens with zero attached hydrogens (tertiary/aromatic N) is 2. The Balaban J connectivity index is 2.40. The van der Waals surface area contributed by atoms with Crippen molar-refractivity contribution in [2.45, 2.75) is 0 Å². The van der Waals surface area contributed by atoms with E-state index in [1.54, 1.807) is 6.07 Å². The molecule has 19 heavy (non-hydrogen) atoms. The highest BCUT2D eigenvalue weighted by Crippen LogP contribution is 2.23. The minimum absolute atomic E-state index is 0.0300. The van der Waals surface area contributed by atoms with E-state index < -0.39 is 11.7 Å². The standard InChI is InChI=1S/C11H7ClFIN4O/c12-9-4-6(10(15)19)11(18-17-9)16-8-2-1-5(14)3-7(8)13/h1-4H,(H2,15,19)(H,16,18). The first-order chi connectivity index (χ1) is 8.97. The van der Waals surface area contributed by atoms with Gasteiger partial charge in [0.2, 0.25) is 0 Å². The molecule has 0 aliphatic heterocycles. The number of amides is 1. The Labute approximate surface area is 126 Å². The van der Waals surface area contributed by atoms with Gasteiger partial charge in [0.1, 0.15) is 5.82 Å². The first-order valence-corrected chi connectivity index (χ1v) is 6.48. The number of nitrogens with two attached hydrogens (primary N) is 1. The number of hydrogen-bond donors (Lipinski definition) is 2. The highest BCUT2D eigenvalue weighted by molar-refractivity contribution is 14.1. The zero-order chi connectivity index (χ0) is 14.0. The summed E-state index contributed by atoms with van der Waals surface area (Å²) < 4.78 is 14.4. The molecule has 0 bridgehead atoms. The smallest absolute Gasteiger partial charge is 0.252 e. The lowest BCUT2D eigenvalue weighted by atomic mass is 10.2. The van der Waals surface area contributed by atoms with Gasteiger partial charge < -0.3 is 11.1 Å². The molecule has 1 amide bonds. The number of carbonyl (C=O) groups is 1. The normalized spacial score (nSPS) is 10.3. The largest absolute Gasteiger partial charge is 0.365 e. The van der Waals surface area contributed by atoms with Crippen LogP contribution in [0.15, 0.2) is 24.3 Å². The summed E-state index contributed by atoms with van der Waals surface area (Å²) in [5, 5.41) is 9.98. The van der Waals surface area contributed by atoms with E-state index in [-0.39, 0.29) is 22.2 Å². The maximum atomic E-state index is 13.7. The number of halogens is 3. The minimum atomic E-state index is -0.731. The zero-order valence-electron chi connectivity index (χ0n) is 9.32. The van der Waals surface area contributed by atoms with Crippen molar-refractivity contribution in [2.75, 3.05) is 5.32 Å². The van der Waals surface area contributed by atoms with E-state index in [0.29, 0.717) is 0 Å². The lowest BCUT2D eigenvalue weighted by Gasteiger charge is -2.09. The van der Waals surface area contributed by atoms with Crippen molar-refractivity contribution >= 4 is 51.6 Å². The average molecular weight is 393 g/mol. The van der Waals surface area contributed by atoms with Crippen LogP contribution < -0.4 is 11.1 Å². The second-order valence-corrected chi connectivity index (χ2v) is 5.18. The first-order valence-electron chi connectivity index (χ1n) is 5.02. The van der Waals surface area contributed by atoms with Crippen LogP contribution in [0, 0.1) is 9.39 Å². The van der Waals surface area contributed by atoms with E-state index >= 15 is 0 Å². The summed E-state index contributed by atoms with van der Waals surface area (Å²) in [6.45, 7) is 0. The number of benzene rings is 1. The molecule has 0 atom stereocenters. The molecule has 0 unspecified atom stereocenters. The number of primary amides is 1. The molecule has 2 rings (SSSR count). The molecule has 0 saturated carbocycles. The fourth-order valence-corrected chi connectivity index (χ4v) is 1.97. The van der Waals surface area contributed by atoms with Crippen LogP contribution in [0.1, 0.15) is 10.4 Å². The number of rotatable bonds is 3. The van der Waals surface area contributed by atoms with Gasteiger partial charge >= 0.3 is 0 Å². The molecule has 0 aliphatic rings. The summed E-state index contributed by atoms with van der Waals surface area (Å²) in [7, 11) is 0. The van der Waals surface area contributed by atoms with Crippen LogP contribution in [0.4, 0.5) is 15.9 Å². The molecule has 3 N–H and O–H groups in total. The highest BCUT2D eigenvalue weighted by atomic mass is 127. The zero-order valence-corrected chi connectivity index (χ0v) is 12.2. The van der Waals surface area contributed by atoms with Crippen LogP contribution in [0.2, 0.25) is 5.15 Å². The summed E-state index contributed by atoms with van der Waals surface area (Å²) >= 11 is 7.62. The Bertz CT molecular complexity index is 653. The van der Waals surface area contributed by atoms with E-state index in [4.69, 9.17) is 17.3 Å². The fourth-order valence-electron chi connectivity index (χ4n) is 1.37. The maximum absolute atomic E-state index is 13.7. The molecule has 0 radical (unpaired) electrons. The van der Waals surface area contributed by atoms with Crippen molar-refractivity contribution in [3.05, 3.63) is 44.4 Å². The summed E-state index contributed by atoms with van der Waals surface area (Å²) in [6, 6.07) is 5.84. The predicted octanol–water partition coefficient (Wildman–Crippen LogP) is 2.72. The van der Waals surface area contributed by atoms with Gasteiger partial charge in [-0.15, -0.1) is 10.2 Å². The number of carbonyl (C=O) groups excluding carboxylic acids is 1. The van der Waals surface area contributed by atoms with E-state index in [1.165, 1.54) is 18.2 Å². The second-order valence-electron chi connectivity index (χ2n) is 3.54. The number of hydrogen-bond acceptors (Lipinski definition) is 4. The van der Waals surface area contributed by atoms with Crippen molar-refractivity contribution in [3.63, 3.8) is 0 Å². The summed E-state index contributed by atoms with van der Waals surface area (Å²) in [6.07, 6.45) is 0. The molecule has 0 aliphatic carbocycles. The Kier molecular flexibility index (Phi) is 4.15. The Morgan fingerprint density at radius 2 is 2.11 bits per heavy atom. The van der Waals surface area contributed by atoms with Gasteiger partial charge in [-0.1, -0.05) is 11.6 Å². The van der Waals surface area contributed by atoms with Gasteiger partial charge in [0.05, 0.1) is 11.3 Å². The Morgan fingerprint density at radius 1 is 1.37 bits per heavy atom. The predicted molar refractivity (Wildman–Crippen MR) is 78.0 cm³/mol. The molecule has 1 heterocycles. The number of nitrogens with one attached hydrogen (secondary N) is 1. The van der Waals surface area contributed by atoms with Crippen LogP contribution in [0.3, 0.4) is 0 Å². The van der Waals surface area contributed by atoms with Crippen LogP contribution in [0.5, 0.6) is 0 Å². The first kappa shape index (κ1) is 13.9. The summed E-state index contributed by atoms with van der Waals surface area (Å²) in [5.41, 5.74) is 5.40. The van der Waals surface area contributed by atoms with Gasteiger partial charge in [0, 0.05) is 3.57 Å². The van der Waals surface area contributed by atoms with Crippen LogP contribution in [0.25, 0.3) is 0 Å². The molecule has 98 valence electrons. The van der Waals surface area contributed by atoms with Gasteiger partial charge in [0.15, 0.2) is 11.0 Å². The van der Waals surface area contributed by atoms with Crippen LogP contribution in [-0.2, 0) is 0 Å². The highest BCUT2D eigenvalue weighted by Gasteiger charge is 2.13. The van der Waals surface area contributed by atoms with Gasteiger partial charge in [-0.05, 0) is 46.9 Å².